The average molecular weight is 1210 g/mol. The summed E-state index contributed by atoms with van der Waals surface area (Å²) >= 11 is 0. The zero-order chi connectivity index (χ0) is 61.3. The van der Waals surface area contributed by atoms with Crippen LogP contribution >= 0.6 is 0 Å². The van der Waals surface area contributed by atoms with Crippen LogP contribution in [0.15, 0.2) is 11.6 Å². The van der Waals surface area contributed by atoms with Crippen molar-refractivity contribution in [2.75, 3.05) is 19.8 Å². The Morgan fingerprint density at radius 2 is 1.14 bits per heavy atom. The number of aliphatic hydroxyl groups is 15. The molecular weight excluding hydrogens is 1110 g/mol. The van der Waals surface area contributed by atoms with Crippen molar-refractivity contribution in [3.8, 4) is 0 Å². The number of rotatable bonds is 12. The molecule has 0 amide bonds. The summed E-state index contributed by atoms with van der Waals surface area (Å²) in [6.45, 7) is 14.2. The minimum Gasteiger partial charge on any atom is -0.432 e. The maximum atomic E-state index is 15.2. The van der Waals surface area contributed by atoms with E-state index in [9.17, 15) is 76.6 Å². The van der Waals surface area contributed by atoms with E-state index in [1.54, 1.807) is 6.92 Å². The molecular formula is C58H94O26. The van der Waals surface area contributed by atoms with Crippen molar-refractivity contribution in [2.45, 2.75) is 279 Å². The third kappa shape index (κ3) is 10.9. The lowest BCUT2D eigenvalue weighted by Gasteiger charge is -2.71. The fraction of sp³-hybridized carbons (Fsp3) is 0.948. The zero-order valence-corrected chi connectivity index (χ0v) is 49.1. The Labute approximate surface area is 488 Å². The number of ether oxygens (including phenoxy) is 10. The van der Waals surface area contributed by atoms with Gasteiger partial charge >= 0.3 is 5.97 Å². The van der Waals surface area contributed by atoms with Crippen molar-refractivity contribution in [3.05, 3.63) is 11.6 Å². The third-order valence-corrected chi connectivity index (χ3v) is 22.7. The highest BCUT2D eigenvalue weighted by atomic mass is 16.8. The number of carbonyl (C=O) groups is 1. The molecule has 5 aliphatic heterocycles. The molecule has 5 aliphatic carbocycles. The van der Waals surface area contributed by atoms with E-state index in [2.05, 4.69) is 40.7 Å². The van der Waals surface area contributed by atoms with Gasteiger partial charge < -0.3 is 124 Å². The molecule has 15 N–H and O–H groups in total. The first-order valence-corrected chi connectivity index (χ1v) is 30.2. The van der Waals surface area contributed by atoms with Crippen LogP contribution in [-0.2, 0) is 52.2 Å². The smallest absolute Gasteiger partial charge is 0.315 e. The Balaban J connectivity index is 0.824. The Kier molecular flexibility index (Phi) is 18.5. The summed E-state index contributed by atoms with van der Waals surface area (Å²) in [5, 5.41) is 163. The Morgan fingerprint density at radius 3 is 1.77 bits per heavy atom. The molecule has 33 atom stereocenters. The summed E-state index contributed by atoms with van der Waals surface area (Å²) in [4.78, 5) is 15.2. The maximum absolute atomic E-state index is 15.2. The lowest BCUT2D eigenvalue weighted by molar-refractivity contribution is -0.367. The van der Waals surface area contributed by atoms with E-state index < -0.39 is 195 Å². The Hall–Kier alpha value is -1.75. The summed E-state index contributed by atoms with van der Waals surface area (Å²) in [6.07, 6.45) is -30.4. The first-order chi connectivity index (χ1) is 39.3. The predicted molar refractivity (Wildman–Crippen MR) is 283 cm³/mol. The predicted octanol–water partition coefficient (Wildman–Crippen LogP) is -2.79. The molecule has 0 aromatic carbocycles. The van der Waals surface area contributed by atoms with Gasteiger partial charge in [0, 0.05) is 0 Å². The fourth-order valence-corrected chi connectivity index (χ4v) is 17.1. The molecule has 26 heteroatoms. The molecule has 10 rings (SSSR count). The van der Waals surface area contributed by atoms with Crippen molar-refractivity contribution >= 4 is 5.97 Å². The second kappa shape index (κ2) is 23.8. The molecule has 0 aromatic heterocycles. The summed E-state index contributed by atoms with van der Waals surface area (Å²) in [7, 11) is 0. The molecule has 0 bridgehead atoms. The van der Waals surface area contributed by atoms with Crippen LogP contribution in [-0.4, -0.2) is 262 Å². The van der Waals surface area contributed by atoms with Crippen LogP contribution in [0.4, 0.5) is 0 Å². The van der Waals surface area contributed by atoms with E-state index in [1.165, 1.54) is 13.8 Å². The van der Waals surface area contributed by atoms with Gasteiger partial charge in [-0.3, -0.25) is 4.79 Å². The molecule has 9 fully saturated rings. The van der Waals surface area contributed by atoms with E-state index in [0.717, 1.165) is 12.0 Å². The highest BCUT2D eigenvalue weighted by Gasteiger charge is 2.71. The lowest BCUT2D eigenvalue weighted by atomic mass is 9.34. The van der Waals surface area contributed by atoms with Gasteiger partial charge in [0.25, 0.3) is 0 Å². The lowest BCUT2D eigenvalue weighted by Crippen LogP contribution is -2.68. The zero-order valence-electron chi connectivity index (χ0n) is 49.1. The molecule has 4 saturated carbocycles. The molecule has 5 saturated heterocycles. The number of carbonyl (C=O) groups excluding carboxylic acids is 1. The van der Waals surface area contributed by atoms with Crippen LogP contribution in [0.25, 0.3) is 0 Å². The molecule has 84 heavy (non-hydrogen) atoms. The Bertz CT molecular complexity index is 2350. The topological polar surface area (TPSA) is 413 Å². The van der Waals surface area contributed by atoms with Gasteiger partial charge in [0.15, 0.2) is 25.2 Å². The van der Waals surface area contributed by atoms with E-state index in [1.807, 2.05) is 0 Å². The standard InChI is InChI=1S/C58H94O26/c1-23-33(61)37(65)41(69)48(77-23)82-45-28(20-59)79-47(44(72)40(45)68)76-22-29-36(64)39(67)43(71)50(80-29)84-52(73)58-17-15-53(3,4)19-26(58)25-9-10-30-54(5)13-12-32(57(8,74)31(54)11-14-56(30,7)55(25,6)16-18-58)81-51-46(35(63)27(60)21-75-51)83-49-42(70)38(66)34(62)24(2)78-49/h9,23-24,26-51,59-72,74H,10-22H2,1-8H3. The molecule has 482 valence electrons. The van der Waals surface area contributed by atoms with Crippen molar-refractivity contribution in [2.24, 2.45) is 44.8 Å². The molecule has 10 aliphatic rings. The summed E-state index contributed by atoms with van der Waals surface area (Å²) in [6, 6.07) is 0. The fourth-order valence-electron chi connectivity index (χ4n) is 17.1. The van der Waals surface area contributed by atoms with E-state index in [-0.39, 0.29) is 35.2 Å². The normalized spacial score (nSPS) is 55.8. The first-order valence-electron chi connectivity index (χ1n) is 30.2. The van der Waals surface area contributed by atoms with Gasteiger partial charge in [-0.25, -0.2) is 0 Å². The minimum atomic E-state index is -1.90. The van der Waals surface area contributed by atoms with E-state index in [0.29, 0.717) is 57.8 Å². The van der Waals surface area contributed by atoms with Gasteiger partial charge in [0.1, 0.15) is 104 Å². The van der Waals surface area contributed by atoms with Crippen molar-refractivity contribution in [1.29, 1.82) is 0 Å². The number of fused-ring (bicyclic) bond motifs is 7. The summed E-state index contributed by atoms with van der Waals surface area (Å²) < 4.78 is 59.1. The van der Waals surface area contributed by atoms with Gasteiger partial charge in [-0.05, 0) is 124 Å². The van der Waals surface area contributed by atoms with E-state index >= 15 is 4.79 Å². The molecule has 33 unspecified atom stereocenters. The second-order valence-electron chi connectivity index (χ2n) is 28.0. The highest BCUT2D eigenvalue weighted by molar-refractivity contribution is 5.79. The molecule has 26 nitrogen and oxygen atoms in total. The number of allylic oxidation sites excluding steroid dienone is 2. The number of hydrogen-bond donors (Lipinski definition) is 15. The maximum Gasteiger partial charge on any atom is 0.315 e. The van der Waals surface area contributed by atoms with E-state index in [4.69, 9.17) is 47.4 Å². The van der Waals surface area contributed by atoms with Gasteiger partial charge in [-0.2, -0.15) is 0 Å². The van der Waals surface area contributed by atoms with Crippen LogP contribution in [0.5, 0.6) is 0 Å². The number of aliphatic hydroxyl groups excluding tert-OH is 14. The van der Waals surface area contributed by atoms with Gasteiger partial charge in [0.05, 0.1) is 49.1 Å². The summed E-state index contributed by atoms with van der Waals surface area (Å²) in [5.41, 5.74) is -2.70. The molecule has 0 aromatic rings. The van der Waals surface area contributed by atoms with Crippen molar-refractivity contribution in [3.63, 3.8) is 0 Å². The number of hydrogen-bond acceptors (Lipinski definition) is 26. The van der Waals surface area contributed by atoms with Gasteiger partial charge in [0.2, 0.25) is 6.29 Å². The van der Waals surface area contributed by atoms with Crippen LogP contribution in [0, 0.1) is 44.8 Å². The van der Waals surface area contributed by atoms with Gasteiger partial charge in [-0.1, -0.05) is 46.3 Å². The van der Waals surface area contributed by atoms with Crippen LogP contribution in [0.3, 0.4) is 0 Å². The van der Waals surface area contributed by atoms with Crippen LogP contribution in [0.1, 0.15) is 120 Å². The van der Waals surface area contributed by atoms with Gasteiger partial charge in [-0.15, -0.1) is 0 Å². The quantitative estimate of drug-likeness (QED) is 0.0533. The summed E-state index contributed by atoms with van der Waals surface area (Å²) in [5.74, 6) is -1.14. The highest BCUT2D eigenvalue weighted by Crippen LogP contribution is 2.75. The minimum absolute atomic E-state index is 0.0686. The molecule has 0 spiro atoms. The molecule has 0 radical (unpaired) electrons. The Morgan fingerprint density at radius 1 is 0.571 bits per heavy atom. The first kappa shape index (κ1) is 65.2. The monoisotopic (exact) mass is 1210 g/mol. The SMILES string of the molecule is CC1OC(OC2C(CO)OC(OCC3OC(OC(=O)C45CCC(C)(C)CC4C4=CCC6C7(C)CCC(OC8OCC(O)C(O)C8OC8OC(C)C(O)C(O)C8O)C(C)(O)C7CCC6(C)C4(C)CC5)C(O)C(O)C3O)C(O)C2O)C(O)C(O)C1O. The molecule has 5 heterocycles. The van der Waals surface area contributed by atoms with Crippen molar-refractivity contribution < 1.29 is 129 Å². The van der Waals surface area contributed by atoms with Crippen LogP contribution in [0.2, 0.25) is 0 Å². The largest absolute Gasteiger partial charge is 0.432 e. The van der Waals surface area contributed by atoms with Crippen LogP contribution < -0.4 is 0 Å². The van der Waals surface area contributed by atoms with Crippen molar-refractivity contribution in [1.82, 2.24) is 0 Å². The number of esters is 1. The second-order valence-corrected chi connectivity index (χ2v) is 28.0. The third-order valence-electron chi connectivity index (χ3n) is 22.7. The average Bonchev–Trinajstić information content (AvgIpc) is 0.692.